The van der Waals surface area contributed by atoms with Gasteiger partial charge in [-0.25, -0.2) is 9.78 Å². The molecule has 0 amide bonds. The lowest BCUT2D eigenvalue weighted by molar-refractivity contribution is -0.137. The molecule has 2 heterocycles. The monoisotopic (exact) mass is 349 g/mol. The maximum atomic E-state index is 11.3. The largest absolute Gasteiger partial charge is 0.463 e. The third kappa shape index (κ3) is 4.39. The van der Waals surface area contributed by atoms with E-state index in [1.54, 1.807) is 31.4 Å². The number of benzene rings is 1. The Morgan fingerprint density at radius 2 is 1.85 bits per heavy atom. The average molecular weight is 349 g/mol. The maximum Gasteiger partial charge on any atom is 0.330 e. The van der Waals surface area contributed by atoms with Gasteiger partial charge < -0.3 is 13.6 Å². The number of ether oxygens (including phenoxy) is 1. The second-order valence-electron chi connectivity index (χ2n) is 5.52. The van der Waals surface area contributed by atoms with E-state index < -0.39 is 0 Å². The number of carbonyl (C=O) groups is 1. The van der Waals surface area contributed by atoms with Crippen molar-refractivity contribution in [1.82, 2.24) is 4.98 Å². The van der Waals surface area contributed by atoms with E-state index in [2.05, 4.69) is 4.98 Å². The number of carbonyl (C=O) groups excluding carboxylic acids is 1. The van der Waals surface area contributed by atoms with E-state index in [9.17, 15) is 4.79 Å². The highest BCUT2D eigenvalue weighted by molar-refractivity contribution is 5.87. The Labute approximate surface area is 151 Å². The zero-order valence-corrected chi connectivity index (χ0v) is 14.6. The van der Waals surface area contributed by atoms with Crippen LogP contribution < -0.4 is 0 Å². The Kier molecular flexibility index (Phi) is 5.49. The summed E-state index contributed by atoms with van der Waals surface area (Å²) in [5, 5.41) is 0. The topological polar surface area (TPSA) is 65.5 Å². The Morgan fingerprint density at radius 1 is 1.12 bits per heavy atom. The molecule has 0 atom stereocenters. The first-order valence-electron chi connectivity index (χ1n) is 8.30. The molecule has 0 saturated carbocycles. The number of aromatic nitrogens is 1. The van der Waals surface area contributed by atoms with Crippen molar-refractivity contribution < 1.29 is 18.4 Å². The minimum absolute atomic E-state index is 0.342. The molecule has 0 aliphatic heterocycles. The van der Waals surface area contributed by atoms with Crippen LogP contribution in [0.4, 0.5) is 0 Å². The van der Waals surface area contributed by atoms with Crippen LogP contribution in [-0.2, 0) is 9.53 Å². The number of furan rings is 1. The SMILES string of the molecule is CCOC(=O)/C=C/c1ccc(C=Cc2nc(-c3ccco3)oc2C)cc1. The summed E-state index contributed by atoms with van der Waals surface area (Å²) < 4.78 is 15.8. The second-order valence-corrected chi connectivity index (χ2v) is 5.52. The van der Waals surface area contributed by atoms with Gasteiger partial charge in [-0.3, -0.25) is 0 Å². The van der Waals surface area contributed by atoms with Gasteiger partial charge in [0.25, 0.3) is 5.89 Å². The number of rotatable bonds is 6. The highest BCUT2D eigenvalue weighted by Crippen LogP contribution is 2.23. The lowest BCUT2D eigenvalue weighted by atomic mass is 10.1. The first-order chi connectivity index (χ1) is 12.7. The van der Waals surface area contributed by atoms with Crippen LogP contribution in [0.1, 0.15) is 29.5 Å². The van der Waals surface area contributed by atoms with Crippen molar-refractivity contribution in [1.29, 1.82) is 0 Å². The number of oxazole rings is 1. The van der Waals surface area contributed by atoms with Gasteiger partial charge in [-0.15, -0.1) is 0 Å². The van der Waals surface area contributed by atoms with E-state index in [0.29, 0.717) is 18.3 Å². The summed E-state index contributed by atoms with van der Waals surface area (Å²) in [6.45, 7) is 4.01. The van der Waals surface area contributed by atoms with Gasteiger partial charge in [-0.05, 0) is 49.3 Å². The Morgan fingerprint density at radius 3 is 2.50 bits per heavy atom. The summed E-state index contributed by atoms with van der Waals surface area (Å²) in [6.07, 6.45) is 8.58. The molecule has 0 spiro atoms. The van der Waals surface area contributed by atoms with Gasteiger partial charge in [0.15, 0.2) is 5.76 Å². The van der Waals surface area contributed by atoms with Crippen LogP contribution in [0.2, 0.25) is 0 Å². The lowest BCUT2D eigenvalue weighted by Gasteiger charge is -1.97. The minimum Gasteiger partial charge on any atom is -0.463 e. The number of esters is 1. The molecule has 0 radical (unpaired) electrons. The highest BCUT2D eigenvalue weighted by atomic mass is 16.5. The molecule has 26 heavy (non-hydrogen) atoms. The highest BCUT2D eigenvalue weighted by Gasteiger charge is 2.11. The third-order valence-corrected chi connectivity index (χ3v) is 3.63. The van der Waals surface area contributed by atoms with Crippen LogP contribution >= 0.6 is 0 Å². The molecule has 0 unspecified atom stereocenters. The molecular weight excluding hydrogens is 330 g/mol. The standard InChI is InChI=1S/C21H19NO4/c1-3-24-20(23)13-11-17-8-6-16(7-9-17)10-12-18-15(2)26-21(22-18)19-5-4-14-25-19/h4-14H,3H2,1-2H3/b12-10?,13-11+. The molecule has 0 bridgehead atoms. The lowest BCUT2D eigenvalue weighted by Crippen LogP contribution is -1.98. The van der Waals surface area contributed by atoms with Crippen molar-refractivity contribution >= 4 is 24.2 Å². The van der Waals surface area contributed by atoms with Crippen LogP contribution in [0.3, 0.4) is 0 Å². The molecule has 0 saturated heterocycles. The van der Waals surface area contributed by atoms with E-state index in [0.717, 1.165) is 22.6 Å². The Bertz CT molecular complexity index is 916. The summed E-state index contributed by atoms with van der Waals surface area (Å²) in [4.78, 5) is 15.8. The van der Waals surface area contributed by atoms with Gasteiger partial charge in [0, 0.05) is 6.08 Å². The summed E-state index contributed by atoms with van der Waals surface area (Å²) in [5.74, 6) is 1.45. The number of aryl methyl sites for hydroxylation is 1. The predicted octanol–water partition coefficient (Wildman–Crippen LogP) is 4.99. The molecule has 0 N–H and O–H groups in total. The smallest absolute Gasteiger partial charge is 0.330 e. The molecule has 3 rings (SSSR count). The molecule has 0 aliphatic rings. The van der Waals surface area contributed by atoms with Crippen molar-refractivity contribution in [2.75, 3.05) is 6.61 Å². The molecular formula is C21H19NO4. The van der Waals surface area contributed by atoms with E-state index in [-0.39, 0.29) is 5.97 Å². The first-order valence-corrected chi connectivity index (χ1v) is 8.30. The number of nitrogens with zero attached hydrogens (tertiary/aromatic N) is 1. The van der Waals surface area contributed by atoms with E-state index in [4.69, 9.17) is 13.6 Å². The van der Waals surface area contributed by atoms with Gasteiger partial charge >= 0.3 is 5.97 Å². The third-order valence-electron chi connectivity index (χ3n) is 3.63. The van der Waals surface area contributed by atoms with Crippen molar-refractivity contribution in [2.45, 2.75) is 13.8 Å². The van der Waals surface area contributed by atoms with Crippen molar-refractivity contribution in [3.8, 4) is 11.7 Å². The van der Waals surface area contributed by atoms with E-state index >= 15 is 0 Å². The fourth-order valence-corrected chi connectivity index (χ4v) is 2.32. The molecule has 5 nitrogen and oxygen atoms in total. The van der Waals surface area contributed by atoms with Gasteiger partial charge in [0.1, 0.15) is 11.5 Å². The van der Waals surface area contributed by atoms with Crippen molar-refractivity contribution in [3.63, 3.8) is 0 Å². The molecule has 0 aliphatic carbocycles. The summed E-state index contributed by atoms with van der Waals surface area (Å²) in [7, 11) is 0. The molecule has 132 valence electrons. The molecule has 2 aromatic heterocycles. The number of hydrogen-bond acceptors (Lipinski definition) is 5. The van der Waals surface area contributed by atoms with Crippen LogP contribution in [0.15, 0.2) is 57.6 Å². The molecule has 3 aromatic rings. The van der Waals surface area contributed by atoms with Gasteiger partial charge in [-0.2, -0.15) is 0 Å². The summed E-state index contributed by atoms with van der Waals surface area (Å²) in [5.41, 5.74) is 2.69. The fraction of sp³-hybridized carbons (Fsp3) is 0.143. The fourth-order valence-electron chi connectivity index (χ4n) is 2.32. The summed E-state index contributed by atoms with van der Waals surface area (Å²) in [6, 6.07) is 11.4. The van der Waals surface area contributed by atoms with Crippen LogP contribution in [-0.4, -0.2) is 17.6 Å². The van der Waals surface area contributed by atoms with E-state index in [1.165, 1.54) is 6.08 Å². The average Bonchev–Trinajstić information content (AvgIpc) is 3.29. The van der Waals surface area contributed by atoms with Crippen LogP contribution in [0.5, 0.6) is 0 Å². The zero-order chi connectivity index (χ0) is 18.4. The van der Waals surface area contributed by atoms with Gasteiger partial charge in [0.2, 0.25) is 0 Å². The normalized spacial score (nSPS) is 11.5. The predicted molar refractivity (Wildman–Crippen MR) is 100.0 cm³/mol. The summed E-state index contributed by atoms with van der Waals surface area (Å²) >= 11 is 0. The second kappa shape index (κ2) is 8.16. The van der Waals surface area contributed by atoms with Crippen LogP contribution in [0.25, 0.3) is 29.9 Å². The molecule has 1 aromatic carbocycles. The first kappa shape index (κ1) is 17.5. The molecule has 0 fully saturated rings. The zero-order valence-electron chi connectivity index (χ0n) is 14.6. The number of hydrogen-bond donors (Lipinski definition) is 0. The van der Waals surface area contributed by atoms with Gasteiger partial charge in [0.05, 0.1) is 12.9 Å². The minimum atomic E-state index is -0.342. The van der Waals surface area contributed by atoms with Gasteiger partial charge in [-0.1, -0.05) is 30.3 Å². The Hall–Kier alpha value is -3.34. The van der Waals surface area contributed by atoms with Crippen LogP contribution in [0, 0.1) is 6.92 Å². The van der Waals surface area contributed by atoms with E-state index in [1.807, 2.05) is 43.3 Å². The van der Waals surface area contributed by atoms with Crippen molar-refractivity contribution in [2.24, 2.45) is 0 Å². The van der Waals surface area contributed by atoms with Crippen molar-refractivity contribution in [3.05, 3.63) is 71.3 Å². The Balaban J connectivity index is 1.68. The quantitative estimate of drug-likeness (QED) is 0.463. The molecule has 5 heteroatoms. The maximum absolute atomic E-state index is 11.3.